The van der Waals surface area contributed by atoms with Crippen molar-refractivity contribution in [2.24, 2.45) is 5.92 Å². The second-order valence-corrected chi connectivity index (χ2v) is 7.63. The first-order valence-corrected chi connectivity index (χ1v) is 10.2. The maximum Gasteiger partial charge on any atom is 0.229 e. The van der Waals surface area contributed by atoms with Crippen molar-refractivity contribution in [3.63, 3.8) is 0 Å². The third-order valence-corrected chi connectivity index (χ3v) is 5.67. The average molecular weight is 423 g/mol. The lowest BCUT2D eigenvalue weighted by Gasteiger charge is -2.20. The zero-order valence-corrected chi connectivity index (χ0v) is 17.6. The number of amides is 3. The number of anilines is 3. The van der Waals surface area contributed by atoms with Crippen LogP contribution in [0.25, 0.3) is 0 Å². The Morgan fingerprint density at radius 1 is 1.03 bits per heavy atom. The van der Waals surface area contributed by atoms with Crippen LogP contribution in [-0.4, -0.2) is 45.0 Å². The van der Waals surface area contributed by atoms with Gasteiger partial charge in [0.2, 0.25) is 17.7 Å². The summed E-state index contributed by atoms with van der Waals surface area (Å²) in [6.07, 6.45) is 1.49. The molecule has 0 aliphatic carbocycles. The number of ether oxygens (including phenoxy) is 2. The molecule has 0 saturated carbocycles. The van der Waals surface area contributed by atoms with E-state index in [4.69, 9.17) is 9.47 Å². The van der Waals surface area contributed by atoms with Gasteiger partial charge in [-0.25, -0.2) is 0 Å². The van der Waals surface area contributed by atoms with E-state index in [0.717, 1.165) is 6.42 Å². The van der Waals surface area contributed by atoms with Crippen LogP contribution in [0.4, 0.5) is 17.1 Å². The normalized spacial score (nSPS) is 18.5. The maximum atomic E-state index is 12.8. The van der Waals surface area contributed by atoms with Crippen LogP contribution < -0.4 is 24.6 Å². The molecule has 31 heavy (non-hydrogen) atoms. The van der Waals surface area contributed by atoms with E-state index < -0.39 is 5.92 Å². The largest absolute Gasteiger partial charge is 0.497 e. The monoisotopic (exact) mass is 423 g/mol. The Morgan fingerprint density at radius 3 is 2.58 bits per heavy atom. The summed E-state index contributed by atoms with van der Waals surface area (Å²) in [7, 11) is 3.10. The van der Waals surface area contributed by atoms with Crippen LogP contribution in [0.15, 0.2) is 42.5 Å². The molecule has 2 aromatic rings. The highest BCUT2D eigenvalue weighted by atomic mass is 16.5. The SMILES string of the molecule is COc1cccc(N2CC(C(=O)Nc3ccc(N4CCCC4=O)c(OC)c3)CC2=O)c1. The van der Waals surface area contributed by atoms with Gasteiger partial charge < -0.3 is 24.6 Å². The van der Waals surface area contributed by atoms with Gasteiger partial charge in [-0.15, -0.1) is 0 Å². The molecule has 1 unspecified atom stereocenters. The number of hydrogen-bond acceptors (Lipinski definition) is 5. The summed E-state index contributed by atoms with van der Waals surface area (Å²) in [4.78, 5) is 40.7. The third kappa shape index (κ3) is 4.19. The Labute approximate surface area is 180 Å². The summed E-state index contributed by atoms with van der Waals surface area (Å²) in [6, 6.07) is 12.5. The van der Waals surface area contributed by atoms with Gasteiger partial charge in [-0.2, -0.15) is 0 Å². The van der Waals surface area contributed by atoms with E-state index in [1.165, 1.54) is 7.11 Å². The minimum Gasteiger partial charge on any atom is -0.497 e. The maximum absolute atomic E-state index is 12.8. The highest BCUT2D eigenvalue weighted by molar-refractivity contribution is 6.04. The molecule has 2 saturated heterocycles. The minimum atomic E-state index is -0.468. The molecule has 1 atom stereocenters. The summed E-state index contributed by atoms with van der Waals surface area (Å²) < 4.78 is 10.7. The smallest absolute Gasteiger partial charge is 0.229 e. The Morgan fingerprint density at radius 2 is 1.87 bits per heavy atom. The zero-order valence-electron chi connectivity index (χ0n) is 17.6. The summed E-state index contributed by atoms with van der Waals surface area (Å²) >= 11 is 0. The number of nitrogens with one attached hydrogen (secondary N) is 1. The van der Waals surface area contributed by atoms with Crippen molar-refractivity contribution in [2.75, 3.05) is 42.4 Å². The van der Waals surface area contributed by atoms with Crippen LogP contribution >= 0.6 is 0 Å². The predicted molar refractivity (Wildman–Crippen MR) is 117 cm³/mol. The summed E-state index contributed by atoms with van der Waals surface area (Å²) in [5.41, 5.74) is 1.97. The Hall–Kier alpha value is -3.55. The molecule has 0 radical (unpaired) electrons. The molecule has 8 nitrogen and oxygen atoms in total. The molecule has 4 rings (SSSR count). The van der Waals surface area contributed by atoms with E-state index in [2.05, 4.69) is 5.32 Å². The van der Waals surface area contributed by atoms with Gasteiger partial charge in [0.05, 0.1) is 25.8 Å². The predicted octanol–water partition coefficient (Wildman–Crippen LogP) is 2.82. The fourth-order valence-electron chi connectivity index (χ4n) is 4.04. The lowest BCUT2D eigenvalue weighted by atomic mass is 10.1. The fourth-order valence-corrected chi connectivity index (χ4v) is 4.04. The molecule has 0 spiro atoms. The Kier molecular flexibility index (Phi) is 5.79. The summed E-state index contributed by atoms with van der Waals surface area (Å²) in [5.74, 6) is 0.442. The van der Waals surface area contributed by atoms with Crippen molar-refractivity contribution >= 4 is 34.8 Å². The van der Waals surface area contributed by atoms with Crippen LogP contribution in [0.3, 0.4) is 0 Å². The standard InChI is InChI=1S/C23H25N3O5/c1-30-18-6-3-5-17(13-18)26-14-15(11-22(26)28)23(29)24-16-8-9-19(20(12-16)31-2)25-10-4-7-21(25)27/h3,5-6,8-9,12-13,15H,4,7,10-11,14H2,1-2H3,(H,24,29). The van der Waals surface area contributed by atoms with E-state index in [1.807, 2.05) is 12.1 Å². The number of carbonyl (C=O) groups is 3. The molecule has 0 bridgehead atoms. The lowest BCUT2D eigenvalue weighted by molar-refractivity contribution is -0.122. The van der Waals surface area contributed by atoms with Gasteiger partial charge in [0, 0.05) is 49.4 Å². The topological polar surface area (TPSA) is 88.2 Å². The number of hydrogen-bond donors (Lipinski definition) is 1. The highest BCUT2D eigenvalue weighted by Crippen LogP contribution is 2.34. The Balaban J connectivity index is 1.46. The van der Waals surface area contributed by atoms with Gasteiger partial charge in [-0.3, -0.25) is 14.4 Å². The van der Waals surface area contributed by atoms with Crippen LogP contribution in [0.2, 0.25) is 0 Å². The van der Waals surface area contributed by atoms with Crippen LogP contribution in [0.5, 0.6) is 11.5 Å². The van der Waals surface area contributed by atoms with Crippen molar-refractivity contribution < 1.29 is 23.9 Å². The van der Waals surface area contributed by atoms with Crippen molar-refractivity contribution in [3.05, 3.63) is 42.5 Å². The summed E-state index contributed by atoms with van der Waals surface area (Å²) in [6.45, 7) is 0.959. The molecule has 3 amide bonds. The van der Waals surface area contributed by atoms with Gasteiger partial charge >= 0.3 is 0 Å². The fraction of sp³-hybridized carbons (Fsp3) is 0.348. The quantitative estimate of drug-likeness (QED) is 0.772. The van der Waals surface area contributed by atoms with Gasteiger partial charge in [-0.05, 0) is 30.7 Å². The van der Waals surface area contributed by atoms with Gasteiger partial charge in [-0.1, -0.05) is 6.07 Å². The van der Waals surface area contributed by atoms with Crippen molar-refractivity contribution in [3.8, 4) is 11.5 Å². The molecular formula is C23H25N3O5. The first-order chi connectivity index (χ1) is 15.0. The molecule has 2 heterocycles. The van der Waals surface area contributed by atoms with Gasteiger partial charge in [0.25, 0.3) is 0 Å². The molecular weight excluding hydrogens is 398 g/mol. The number of carbonyl (C=O) groups excluding carboxylic acids is 3. The second kappa shape index (κ2) is 8.67. The van der Waals surface area contributed by atoms with Crippen LogP contribution in [0, 0.1) is 5.92 Å². The zero-order chi connectivity index (χ0) is 22.0. The van der Waals surface area contributed by atoms with Crippen molar-refractivity contribution in [2.45, 2.75) is 19.3 Å². The number of methoxy groups -OCH3 is 2. The molecule has 8 heteroatoms. The minimum absolute atomic E-state index is 0.0668. The van der Waals surface area contributed by atoms with E-state index in [1.54, 1.807) is 47.2 Å². The molecule has 1 N–H and O–H groups in total. The second-order valence-electron chi connectivity index (χ2n) is 7.63. The highest BCUT2D eigenvalue weighted by Gasteiger charge is 2.35. The number of nitrogens with zero attached hydrogens (tertiary/aromatic N) is 2. The van der Waals surface area contributed by atoms with Crippen LogP contribution in [0.1, 0.15) is 19.3 Å². The Bertz CT molecular complexity index is 1020. The molecule has 162 valence electrons. The van der Waals surface area contributed by atoms with Crippen molar-refractivity contribution in [1.29, 1.82) is 0 Å². The van der Waals surface area contributed by atoms with Crippen LogP contribution in [-0.2, 0) is 14.4 Å². The molecule has 2 fully saturated rings. The van der Waals surface area contributed by atoms with E-state index in [0.29, 0.717) is 48.1 Å². The van der Waals surface area contributed by atoms with E-state index >= 15 is 0 Å². The third-order valence-electron chi connectivity index (χ3n) is 5.67. The first-order valence-electron chi connectivity index (χ1n) is 10.2. The molecule has 2 aliphatic heterocycles. The molecule has 0 aromatic heterocycles. The van der Waals surface area contributed by atoms with Crippen molar-refractivity contribution in [1.82, 2.24) is 0 Å². The first kappa shape index (κ1) is 20.7. The van der Waals surface area contributed by atoms with E-state index in [9.17, 15) is 14.4 Å². The average Bonchev–Trinajstić information content (AvgIpc) is 3.39. The molecule has 2 aromatic carbocycles. The van der Waals surface area contributed by atoms with E-state index in [-0.39, 0.29) is 24.1 Å². The lowest BCUT2D eigenvalue weighted by Crippen LogP contribution is -2.28. The molecule has 2 aliphatic rings. The van der Waals surface area contributed by atoms with Gasteiger partial charge in [0.1, 0.15) is 11.5 Å². The summed E-state index contributed by atoms with van der Waals surface area (Å²) in [5, 5.41) is 2.88. The number of rotatable bonds is 6. The van der Waals surface area contributed by atoms with Gasteiger partial charge in [0.15, 0.2) is 0 Å². The number of benzene rings is 2.